The van der Waals surface area contributed by atoms with Crippen LogP contribution in [0, 0.1) is 5.92 Å². The molecule has 2 heterocycles. The van der Waals surface area contributed by atoms with Gasteiger partial charge in [0.05, 0.1) is 17.3 Å². The first-order valence-corrected chi connectivity index (χ1v) is 10.8. The van der Waals surface area contributed by atoms with Gasteiger partial charge < -0.3 is 15.4 Å². The third kappa shape index (κ3) is 3.60. The first-order chi connectivity index (χ1) is 12.9. The molecule has 1 saturated carbocycles. The van der Waals surface area contributed by atoms with Crippen molar-refractivity contribution in [2.24, 2.45) is 16.0 Å². The summed E-state index contributed by atoms with van der Waals surface area (Å²) < 4.78 is 35.3. The number of amides is 1. The maximum absolute atomic E-state index is 12.7. The highest BCUT2D eigenvalue weighted by Gasteiger charge is 2.35. The number of carbonyl (C=O) groups is 1. The number of hydrogen-bond acceptors (Lipinski definition) is 5. The zero-order valence-electron chi connectivity index (χ0n) is 15.1. The molecule has 1 amide bonds. The average Bonchev–Trinajstić information content (AvgIpc) is 2.57. The van der Waals surface area contributed by atoms with Gasteiger partial charge in [0.2, 0.25) is 5.91 Å². The number of benzene rings is 1. The smallest absolute Gasteiger partial charge is 0.344 e. The van der Waals surface area contributed by atoms with Gasteiger partial charge in [0.1, 0.15) is 12.4 Å². The lowest BCUT2D eigenvalue weighted by atomic mass is 9.83. The molecule has 27 heavy (non-hydrogen) atoms. The Morgan fingerprint density at radius 3 is 2.81 bits per heavy atom. The van der Waals surface area contributed by atoms with E-state index in [2.05, 4.69) is 9.12 Å². The summed E-state index contributed by atoms with van der Waals surface area (Å²) in [6.07, 6.45) is 6.11. The van der Waals surface area contributed by atoms with Crippen LogP contribution in [0.5, 0.6) is 5.75 Å². The van der Waals surface area contributed by atoms with Crippen molar-refractivity contribution in [3.8, 4) is 5.75 Å². The molecule has 0 bridgehead atoms. The van der Waals surface area contributed by atoms with E-state index in [0.29, 0.717) is 23.6 Å². The van der Waals surface area contributed by atoms with Gasteiger partial charge in [-0.15, -0.1) is 4.40 Å². The number of hydrogen-bond donors (Lipinski definition) is 2. The summed E-state index contributed by atoms with van der Waals surface area (Å²) in [6.45, 7) is 1.13. The van der Waals surface area contributed by atoms with Crippen molar-refractivity contribution in [2.75, 3.05) is 17.9 Å². The summed E-state index contributed by atoms with van der Waals surface area (Å²) in [5, 5.41) is 0. The first-order valence-electron chi connectivity index (χ1n) is 9.39. The van der Waals surface area contributed by atoms with E-state index in [-0.39, 0.29) is 23.7 Å². The van der Waals surface area contributed by atoms with Crippen LogP contribution in [0.2, 0.25) is 0 Å². The SMILES string of the molecule is NC1=NS(=O)(=O)Nc2cccc(OC[C@H]3CCCCN3C(=O)C3CCC3)c21. The van der Waals surface area contributed by atoms with Gasteiger partial charge in [0, 0.05) is 12.5 Å². The second kappa shape index (κ2) is 7.03. The van der Waals surface area contributed by atoms with E-state index in [0.717, 1.165) is 45.1 Å². The van der Waals surface area contributed by atoms with Gasteiger partial charge in [0.25, 0.3) is 0 Å². The normalized spacial score (nSPS) is 24.2. The Morgan fingerprint density at radius 1 is 1.26 bits per heavy atom. The van der Waals surface area contributed by atoms with Crippen LogP contribution in [0.25, 0.3) is 0 Å². The quantitative estimate of drug-likeness (QED) is 0.808. The zero-order chi connectivity index (χ0) is 19.0. The fourth-order valence-corrected chi connectivity index (χ4v) is 4.72. The molecule has 9 heteroatoms. The summed E-state index contributed by atoms with van der Waals surface area (Å²) in [7, 11) is -3.82. The van der Waals surface area contributed by atoms with E-state index in [4.69, 9.17) is 10.5 Å². The fraction of sp³-hybridized carbons (Fsp3) is 0.556. The molecule has 0 unspecified atom stereocenters. The molecule has 2 fully saturated rings. The van der Waals surface area contributed by atoms with Crippen molar-refractivity contribution >= 4 is 27.6 Å². The third-order valence-corrected chi connectivity index (χ3v) is 6.45. The number of rotatable bonds is 4. The lowest BCUT2D eigenvalue weighted by Crippen LogP contribution is -2.50. The molecule has 8 nitrogen and oxygen atoms in total. The Balaban J connectivity index is 1.51. The third-order valence-electron chi connectivity index (χ3n) is 5.54. The second-order valence-corrected chi connectivity index (χ2v) is 8.69. The van der Waals surface area contributed by atoms with Crippen molar-refractivity contribution in [1.82, 2.24) is 4.90 Å². The van der Waals surface area contributed by atoms with Gasteiger partial charge in [-0.25, -0.2) is 0 Å². The molecular weight excluding hydrogens is 368 g/mol. The van der Waals surface area contributed by atoms with Crippen LogP contribution in [0.15, 0.2) is 22.6 Å². The predicted octanol–water partition coefficient (Wildman–Crippen LogP) is 1.62. The predicted molar refractivity (Wildman–Crippen MR) is 102 cm³/mol. The summed E-state index contributed by atoms with van der Waals surface area (Å²) in [5.41, 5.74) is 6.66. The number of likely N-dealkylation sites (tertiary alicyclic amines) is 1. The van der Waals surface area contributed by atoms with Crippen molar-refractivity contribution in [3.63, 3.8) is 0 Å². The van der Waals surface area contributed by atoms with Crippen LogP contribution < -0.4 is 15.2 Å². The Bertz CT molecular complexity index is 879. The number of ether oxygens (including phenoxy) is 1. The van der Waals surface area contributed by atoms with Gasteiger partial charge in [0.15, 0.2) is 5.84 Å². The molecule has 1 aromatic carbocycles. The van der Waals surface area contributed by atoms with Crippen LogP contribution in [0.4, 0.5) is 5.69 Å². The zero-order valence-corrected chi connectivity index (χ0v) is 15.9. The minimum atomic E-state index is -3.82. The van der Waals surface area contributed by atoms with Crippen molar-refractivity contribution in [2.45, 2.75) is 44.6 Å². The lowest BCUT2D eigenvalue weighted by Gasteiger charge is -2.39. The number of anilines is 1. The molecule has 1 atom stereocenters. The molecule has 0 spiro atoms. The Hall–Kier alpha value is -2.29. The molecule has 3 N–H and O–H groups in total. The molecule has 146 valence electrons. The van der Waals surface area contributed by atoms with E-state index < -0.39 is 10.2 Å². The highest BCUT2D eigenvalue weighted by Crippen LogP contribution is 2.33. The van der Waals surface area contributed by atoms with Crippen molar-refractivity contribution < 1.29 is 17.9 Å². The largest absolute Gasteiger partial charge is 0.491 e. The molecule has 1 aliphatic carbocycles. The lowest BCUT2D eigenvalue weighted by molar-refractivity contribution is -0.142. The van der Waals surface area contributed by atoms with Crippen LogP contribution in [0.1, 0.15) is 44.1 Å². The number of fused-ring (bicyclic) bond motifs is 1. The van der Waals surface area contributed by atoms with Gasteiger partial charge in [-0.2, -0.15) is 8.42 Å². The minimum Gasteiger partial charge on any atom is -0.491 e. The molecule has 3 aliphatic rings. The van der Waals surface area contributed by atoms with Crippen molar-refractivity contribution in [3.05, 3.63) is 23.8 Å². The molecule has 0 radical (unpaired) electrons. The minimum absolute atomic E-state index is 0.0288. The van der Waals surface area contributed by atoms with Gasteiger partial charge in [-0.1, -0.05) is 12.5 Å². The van der Waals surface area contributed by atoms with E-state index in [9.17, 15) is 13.2 Å². The molecule has 1 saturated heterocycles. The maximum Gasteiger partial charge on any atom is 0.344 e. The van der Waals surface area contributed by atoms with E-state index in [1.807, 2.05) is 4.90 Å². The Kier molecular flexibility index (Phi) is 4.71. The van der Waals surface area contributed by atoms with Crippen LogP contribution in [-0.4, -0.2) is 44.3 Å². The Morgan fingerprint density at radius 2 is 2.07 bits per heavy atom. The fourth-order valence-electron chi connectivity index (χ4n) is 3.88. The molecule has 0 aromatic heterocycles. The van der Waals surface area contributed by atoms with Crippen LogP contribution in [0.3, 0.4) is 0 Å². The summed E-state index contributed by atoms with van der Waals surface area (Å²) in [4.78, 5) is 14.7. The maximum atomic E-state index is 12.7. The molecule has 2 aliphatic heterocycles. The average molecular weight is 392 g/mol. The number of nitrogens with one attached hydrogen (secondary N) is 1. The highest BCUT2D eigenvalue weighted by atomic mass is 32.2. The van der Waals surface area contributed by atoms with E-state index in [1.54, 1.807) is 18.2 Å². The summed E-state index contributed by atoms with van der Waals surface area (Å²) in [5.74, 6) is 0.800. The van der Waals surface area contributed by atoms with Gasteiger partial charge in [-0.05, 0) is 44.2 Å². The van der Waals surface area contributed by atoms with Crippen molar-refractivity contribution in [1.29, 1.82) is 0 Å². The number of carbonyl (C=O) groups excluding carboxylic acids is 1. The number of nitrogens with zero attached hydrogens (tertiary/aromatic N) is 2. The molecule has 4 rings (SSSR count). The molecule has 1 aromatic rings. The van der Waals surface area contributed by atoms with Gasteiger partial charge >= 0.3 is 10.2 Å². The standard InChI is InChI=1S/C18H24N4O4S/c19-17-16-14(20-27(24,25)21-17)8-4-9-15(16)26-11-13-7-1-2-10-22(13)18(23)12-5-3-6-12/h4,8-9,12-13,20H,1-3,5-7,10-11H2,(H2,19,21)/t13-/m1/s1. The number of nitrogens with two attached hydrogens (primary N) is 1. The monoisotopic (exact) mass is 392 g/mol. The topological polar surface area (TPSA) is 114 Å². The van der Waals surface area contributed by atoms with Crippen LogP contribution >= 0.6 is 0 Å². The summed E-state index contributed by atoms with van der Waals surface area (Å²) in [6, 6.07) is 5.09. The first kappa shape index (κ1) is 18.1. The van der Waals surface area contributed by atoms with E-state index in [1.165, 1.54) is 0 Å². The number of piperidine rings is 1. The van der Waals surface area contributed by atoms with Crippen LogP contribution in [-0.2, 0) is 15.0 Å². The highest BCUT2D eigenvalue weighted by molar-refractivity contribution is 7.91. The Labute approximate surface area is 159 Å². The second-order valence-electron chi connectivity index (χ2n) is 7.35. The number of amidine groups is 1. The molecular formula is C18H24N4O4S. The summed E-state index contributed by atoms with van der Waals surface area (Å²) >= 11 is 0. The van der Waals surface area contributed by atoms with Gasteiger partial charge in [-0.3, -0.25) is 9.52 Å². The van der Waals surface area contributed by atoms with E-state index >= 15 is 0 Å².